The van der Waals surface area contributed by atoms with E-state index in [1.54, 1.807) is 0 Å². The van der Waals surface area contributed by atoms with Crippen LogP contribution < -0.4 is 11.1 Å². The van der Waals surface area contributed by atoms with Crippen LogP contribution in [0.25, 0.3) is 0 Å². The molecule has 0 aromatic heterocycles. The van der Waals surface area contributed by atoms with Crippen molar-refractivity contribution in [2.24, 2.45) is 17.6 Å². The van der Waals surface area contributed by atoms with Gasteiger partial charge in [0, 0.05) is 18.0 Å². The summed E-state index contributed by atoms with van der Waals surface area (Å²) in [5.41, 5.74) is 5.35. The quantitative estimate of drug-likeness (QED) is 0.744. The molecule has 15 heavy (non-hydrogen) atoms. The molecular weight excluding hydrogens is 188 g/mol. The molecule has 88 valence electrons. The first-order valence-electron chi connectivity index (χ1n) is 6.06. The Bertz CT molecular complexity index is 216. The molecule has 0 aromatic rings. The third-order valence-electron chi connectivity index (χ3n) is 3.58. The fraction of sp³-hybridized carbons (Fsp3) is 0.917. The number of hydrogen-bond acceptors (Lipinski definition) is 2. The first-order valence-corrected chi connectivity index (χ1v) is 6.06. The summed E-state index contributed by atoms with van der Waals surface area (Å²) in [6, 6.07) is 0.996. The lowest BCUT2D eigenvalue weighted by Crippen LogP contribution is -2.44. The van der Waals surface area contributed by atoms with E-state index in [1.165, 1.54) is 6.42 Å². The Morgan fingerprint density at radius 1 is 1.33 bits per heavy atom. The van der Waals surface area contributed by atoms with E-state index in [0.29, 0.717) is 18.0 Å². The highest BCUT2D eigenvalue weighted by Gasteiger charge is 2.26. The van der Waals surface area contributed by atoms with Crippen LogP contribution in [0.1, 0.15) is 46.5 Å². The molecular formula is C12H24N2O. The van der Waals surface area contributed by atoms with Crippen LogP contribution in [0.5, 0.6) is 0 Å². The number of carbonyl (C=O) groups is 1. The number of hydrogen-bond donors (Lipinski definition) is 2. The summed E-state index contributed by atoms with van der Waals surface area (Å²) in [5, 5.41) is 3.60. The summed E-state index contributed by atoms with van der Waals surface area (Å²) < 4.78 is 0. The van der Waals surface area contributed by atoms with Gasteiger partial charge in [-0.15, -0.1) is 0 Å². The normalized spacial score (nSPS) is 29.1. The summed E-state index contributed by atoms with van der Waals surface area (Å²) >= 11 is 0. The topological polar surface area (TPSA) is 55.1 Å². The fourth-order valence-electron chi connectivity index (χ4n) is 2.16. The minimum absolute atomic E-state index is 0.0932. The maximum Gasteiger partial charge on any atom is 0.220 e. The Balaban J connectivity index is 2.39. The van der Waals surface area contributed by atoms with Crippen molar-refractivity contribution < 1.29 is 4.79 Å². The van der Waals surface area contributed by atoms with Gasteiger partial charge in [0.05, 0.1) is 0 Å². The Morgan fingerprint density at radius 3 is 2.53 bits per heavy atom. The van der Waals surface area contributed by atoms with Crippen molar-refractivity contribution in [3.05, 3.63) is 0 Å². The van der Waals surface area contributed by atoms with Gasteiger partial charge in [-0.25, -0.2) is 0 Å². The van der Waals surface area contributed by atoms with E-state index in [-0.39, 0.29) is 11.8 Å². The van der Waals surface area contributed by atoms with Crippen LogP contribution in [0.15, 0.2) is 0 Å². The van der Waals surface area contributed by atoms with Gasteiger partial charge in [0.25, 0.3) is 0 Å². The molecule has 0 spiro atoms. The van der Waals surface area contributed by atoms with Crippen molar-refractivity contribution >= 4 is 5.91 Å². The van der Waals surface area contributed by atoms with Gasteiger partial charge >= 0.3 is 0 Å². The van der Waals surface area contributed by atoms with Crippen molar-refractivity contribution in [2.75, 3.05) is 0 Å². The summed E-state index contributed by atoms with van der Waals surface area (Å²) in [7, 11) is 0. The fourth-order valence-corrected chi connectivity index (χ4v) is 2.16. The van der Waals surface area contributed by atoms with E-state index >= 15 is 0 Å². The molecule has 1 aliphatic carbocycles. The van der Waals surface area contributed by atoms with Gasteiger partial charge in [-0.2, -0.15) is 0 Å². The number of amides is 1. The van der Waals surface area contributed by atoms with Gasteiger partial charge in [-0.05, 0) is 32.1 Å². The third-order valence-corrected chi connectivity index (χ3v) is 3.58. The Kier molecular flexibility index (Phi) is 4.58. The van der Waals surface area contributed by atoms with Crippen LogP contribution in [-0.2, 0) is 4.79 Å². The number of rotatable bonds is 4. The zero-order valence-corrected chi connectivity index (χ0v) is 10.1. The highest BCUT2D eigenvalue weighted by molar-refractivity contribution is 5.76. The van der Waals surface area contributed by atoms with Crippen molar-refractivity contribution in [1.29, 1.82) is 0 Å². The number of primary amides is 1. The monoisotopic (exact) mass is 212 g/mol. The maximum atomic E-state index is 11.1. The van der Waals surface area contributed by atoms with Crippen LogP contribution in [0.3, 0.4) is 0 Å². The van der Waals surface area contributed by atoms with Crippen LogP contribution in [0.2, 0.25) is 0 Å². The van der Waals surface area contributed by atoms with Gasteiger partial charge in [0.1, 0.15) is 0 Å². The highest BCUT2D eigenvalue weighted by Crippen LogP contribution is 2.24. The molecule has 3 unspecified atom stereocenters. The molecule has 0 aliphatic heterocycles. The zero-order valence-electron chi connectivity index (χ0n) is 10.1. The van der Waals surface area contributed by atoms with Crippen molar-refractivity contribution in [3.63, 3.8) is 0 Å². The van der Waals surface area contributed by atoms with Gasteiger partial charge in [0.15, 0.2) is 0 Å². The van der Waals surface area contributed by atoms with E-state index in [9.17, 15) is 4.79 Å². The van der Waals surface area contributed by atoms with Crippen LogP contribution in [-0.4, -0.2) is 18.0 Å². The number of nitrogens with two attached hydrogens (primary N) is 1. The van der Waals surface area contributed by atoms with E-state index in [0.717, 1.165) is 19.3 Å². The second-order valence-electron chi connectivity index (χ2n) is 5.16. The van der Waals surface area contributed by atoms with Crippen LogP contribution in [0, 0.1) is 11.8 Å². The molecule has 1 rings (SSSR count). The largest absolute Gasteiger partial charge is 0.369 e. The minimum Gasteiger partial charge on any atom is -0.369 e. The minimum atomic E-state index is -0.126. The molecule has 3 nitrogen and oxygen atoms in total. The molecule has 0 bridgehead atoms. The van der Waals surface area contributed by atoms with E-state index in [2.05, 4.69) is 26.1 Å². The molecule has 1 aliphatic rings. The third kappa shape index (κ3) is 3.82. The molecule has 1 amide bonds. The second-order valence-corrected chi connectivity index (χ2v) is 5.16. The highest BCUT2D eigenvalue weighted by atomic mass is 16.1. The molecule has 0 saturated heterocycles. The summed E-state index contributed by atoms with van der Waals surface area (Å²) in [6.07, 6.45) is 4.20. The first kappa shape index (κ1) is 12.5. The Morgan fingerprint density at radius 2 is 2.00 bits per heavy atom. The first-order chi connectivity index (χ1) is 7.00. The Labute approximate surface area is 92.8 Å². The molecule has 1 fully saturated rings. The van der Waals surface area contributed by atoms with E-state index in [1.807, 2.05) is 0 Å². The zero-order chi connectivity index (χ0) is 11.4. The predicted molar refractivity (Wildman–Crippen MR) is 62.4 cm³/mol. The SMILES string of the molecule is CC(C)C(C)NC1CCCC(C(N)=O)C1. The number of nitrogens with one attached hydrogen (secondary N) is 1. The Hall–Kier alpha value is -0.570. The van der Waals surface area contributed by atoms with Crippen molar-refractivity contribution in [2.45, 2.75) is 58.5 Å². The van der Waals surface area contributed by atoms with Gasteiger partial charge < -0.3 is 11.1 Å². The predicted octanol–water partition coefficient (Wildman–Crippen LogP) is 1.66. The molecule has 3 heteroatoms. The maximum absolute atomic E-state index is 11.1. The van der Waals surface area contributed by atoms with Crippen molar-refractivity contribution in [1.82, 2.24) is 5.32 Å². The summed E-state index contributed by atoms with van der Waals surface area (Å²) in [5.74, 6) is 0.605. The van der Waals surface area contributed by atoms with E-state index in [4.69, 9.17) is 5.73 Å². The summed E-state index contributed by atoms with van der Waals surface area (Å²) in [4.78, 5) is 11.1. The summed E-state index contributed by atoms with van der Waals surface area (Å²) in [6.45, 7) is 6.64. The van der Waals surface area contributed by atoms with Crippen LogP contribution in [0.4, 0.5) is 0 Å². The second kappa shape index (κ2) is 5.50. The molecule has 3 N–H and O–H groups in total. The van der Waals surface area contributed by atoms with Gasteiger partial charge in [-0.1, -0.05) is 20.3 Å². The average molecular weight is 212 g/mol. The lowest BCUT2D eigenvalue weighted by molar-refractivity contribution is -0.122. The van der Waals surface area contributed by atoms with Gasteiger partial charge in [-0.3, -0.25) is 4.79 Å². The smallest absolute Gasteiger partial charge is 0.220 e. The molecule has 0 heterocycles. The molecule has 0 aromatic carbocycles. The van der Waals surface area contributed by atoms with Crippen LogP contribution >= 0.6 is 0 Å². The van der Waals surface area contributed by atoms with Crippen molar-refractivity contribution in [3.8, 4) is 0 Å². The lowest BCUT2D eigenvalue weighted by Gasteiger charge is -2.31. The van der Waals surface area contributed by atoms with Gasteiger partial charge in [0.2, 0.25) is 5.91 Å². The standard InChI is InChI=1S/C12H24N2O/c1-8(2)9(3)14-11-6-4-5-10(7-11)12(13)15/h8-11,14H,4-7H2,1-3H3,(H2,13,15). The lowest BCUT2D eigenvalue weighted by atomic mass is 9.84. The average Bonchev–Trinajstić information content (AvgIpc) is 2.18. The molecule has 0 radical (unpaired) electrons. The molecule has 3 atom stereocenters. The number of carbonyl (C=O) groups excluding carboxylic acids is 1. The molecule has 1 saturated carbocycles. The van der Waals surface area contributed by atoms with E-state index < -0.39 is 0 Å².